The molecule has 1 aliphatic heterocycles. The van der Waals surface area contributed by atoms with Gasteiger partial charge in [-0.1, -0.05) is 6.07 Å². The van der Waals surface area contributed by atoms with Gasteiger partial charge in [0.15, 0.2) is 0 Å². The van der Waals surface area contributed by atoms with Gasteiger partial charge < -0.3 is 10.2 Å². The number of nitrogens with one attached hydrogen (secondary N) is 1. The molecule has 1 atom stereocenters. The van der Waals surface area contributed by atoms with Gasteiger partial charge in [-0.25, -0.2) is 8.78 Å². The van der Waals surface area contributed by atoms with Gasteiger partial charge in [-0.05, 0) is 44.9 Å². The minimum atomic E-state index is -0.791. The van der Waals surface area contributed by atoms with Crippen molar-refractivity contribution in [2.75, 3.05) is 19.6 Å². The molecule has 2 rings (SSSR count). The molecular weight excluding hydrogens is 262 g/mol. The number of carbonyl (C=O) groups is 1. The molecule has 0 aromatic heterocycles. The fourth-order valence-electron chi connectivity index (χ4n) is 2.66. The molecule has 1 aromatic carbocycles. The summed E-state index contributed by atoms with van der Waals surface area (Å²) in [6.45, 7) is 5.41. The van der Waals surface area contributed by atoms with Crippen LogP contribution < -0.4 is 5.32 Å². The highest BCUT2D eigenvalue weighted by molar-refractivity contribution is 5.95. The van der Waals surface area contributed by atoms with Crippen LogP contribution in [0.25, 0.3) is 0 Å². The van der Waals surface area contributed by atoms with Gasteiger partial charge >= 0.3 is 0 Å². The summed E-state index contributed by atoms with van der Waals surface area (Å²) in [5.74, 6) is -2.10. The van der Waals surface area contributed by atoms with Crippen LogP contribution >= 0.6 is 0 Å². The molecule has 1 amide bonds. The quantitative estimate of drug-likeness (QED) is 0.924. The number of likely N-dealkylation sites (N-methyl/N-ethyl adjacent to an activating group) is 1. The molecule has 1 aliphatic rings. The van der Waals surface area contributed by atoms with E-state index in [4.69, 9.17) is 0 Å². The molecule has 0 saturated carbocycles. The Kier molecular flexibility index (Phi) is 4.70. The predicted octanol–water partition coefficient (Wildman–Crippen LogP) is 2.49. The third-order valence-corrected chi connectivity index (χ3v) is 3.81. The lowest BCUT2D eigenvalue weighted by molar-refractivity contribution is 0.0652. The molecule has 1 aromatic rings. The highest BCUT2D eigenvalue weighted by Crippen LogP contribution is 2.21. The summed E-state index contributed by atoms with van der Waals surface area (Å²) in [4.78, 5) is 14.0. The van der Waals surface area contributed by atoms with E-state index in [2.05, 4.69) is 5.32 Å². The molecule has 1 unspecified atom stereocenters. The molecule has 1 heterocycles. The monoisotopic (exact) mass is 282 g/mol. The number of hydrogen-bond donors (Lipinski definition) is 1. The van der Waals surface area contributed by atoms with Crippen LogP contribution in [-0.2, 0) is 0 Å². The highest BCUT2D eigenvalue weighted by atomic mass is 19.1. The number of aryl methyl sites for hydroxylation is 1. The van der Waals surface area contributed by atoms with Gasteiger partial charge in [0.2, 0.25) is 0 Å². The number of halogens is 2. The van der Waals surface area contributed by atoms with Gasteiger partial charge in [-0.15, -0.1) is 0 Å². The van der Waals surface area contributed by atoms with Gasteiger partial charge in [-0.2, -0.15) is 0 Å². The summed E-state index contributed by atoms with van der Waals surface area (Å²) in [5, 5.41) is 3.22. The average Bonchev–Trinajstić information content (AvgIpc) is 2.45. The molecule has 5 heteroatoms. The van der Waals surface area contributed by atoms with E-state index in [1.165, 1.54) is 13.0 Å². The Morgan fingerprint density at radius 1 is 1.45 bits per heavy atom. The molecule has 1 saturated heterocycles. The molecule has 1 fully saturated rings. The van der Waals surface area contributed by atoms with Crippen molar-refractivity contribution in [1.29, 1.82) is 0 Å². The van der Waals surface area contributed by atoms with Crippen LogP contribution in [-0.4, -0.2) is 36.5 Å². The summed E-state index contributed by atoms with van der Waals surface area (Å²) in [6, 6.07) is 2.50. The van der Waals surface area contributed by atoms with Crippen LogP contribution in [0, 0.1) is 18.6 Å². The van der Waals surface area contributed by atoms with Crippen molar-refractivity contribution in [1.82, 2.24) is 10.2 Å². The van der Waals surface area contributed by atoms with E-state index in [1.807, 2.05) is 6.92 Å². The number of carbonyl (C=O) groups excluding carboxylic acids is 1. The second kappa shape index (κ2) is 6.31. The Balaban J connectivity index is 2.31. The first-order valence-electron chi connectivity index (χ1n) is 7.02. The second-order valence-electron chi connectivity index (χ2n) is 5.14. The third kappa shape index (κ3) is 2.82. The topological polar surface area (TPSA) is 32.3 Å². The molecule has 20 heavy (non-hydrogen) atoms. The van der Waals surface area contributed by atoms with Gasteiger partial charge in [0.25, 0.3) is 5.91 Å². The molecule has 110 valence electrons. The molecule has 0 bridgehead atoms. The number of benzene rings is 1. The van der Waals surface area contributed by atoms with Crippen LogP contribution in [0.15, 0.2) is 12.1 Å². The van der Waals surface area contributed by atoms with E-state index in [0.717, 1.165) is 25.5 Å². The van der Waals surface area contributed by atoms with Gasteiger partial charge in [0, 0.05) is 19.1 Å². The van der Waals surface area contributed by atoms with Crippen molar-refractivity contribution in [2.24, 2.45) is 0 Å². The summed E-state index contributed by atoms with van der Waals surface area (Å²) in [6.07, 6.45) is 1.83. The van der Waals surface area contributed by atoms with Crippen molar-refractivity contribution in [3.05, 3.63) is 34.9 Å². The smallest absolute Gasteiger partial charge is 0.260 e. The number of amides is 1. The first-order valence-corrected chi connectivity index (χ1v) is 7.02. The van der Waals surface area contributed by atoms with Crippen LogP contribution in [0.2, 0.25) is 0 Å². The van der Waals surface area contributed by atoms with Crippen molar-refractivity contribution in [3.63, 3.8) is 0 Å². The number of piperidine rings is 1. The zero-order chi connectivity index (χ0) is 14.7. The van der Waals surface area contributed by atoms with E-state index in [9.17, 15) is 13.6 Å². The van der Waals surface area contributed by atoms with Crippen molar-refractivity contribution in [3.8, 4) is 0 Å². The lowest BCUT2D eigenvalue weighted by atomic mass is 10.0. The van der Waals surface area contributed by atoms with Gasteiger partial charge in [-0.3, -0.25) is 4.79 Å². The first-order chi connectivity index (χ1) is 9.56. The van der Waals surface area contributed by atoms with Gasteiger partial charge in [0.1, 0.15) is 17.2 Å². The van der Waals surface area contributed by atoms with Crippen molar-refractivity contribution < 1.29 is 13.6 Å². The zero-order valence-corrected chi connectivity index (χ0v) is 11.9. The van der Waals surface area contributed by atoms with Gasteiger partial charge in [0.05, 0.1) is 0 Å². The molecule has 0 spiro atoms. The minimum absolute atomic E-state index is 0.000521. The number of hydrogen-bond acceptors (Lipinski definition) is 2. The first kappa shape index (κ1) is 14.9. The Hall–Kier alpha value is -1.49. The normalized spacial score (nSPS) is 18.9. The SMILES string of the molecule is CCN(C(=O)c1c(F)ccc(C)c1F)C1CCCNC1. The molecule has 3 nitrogen and oxygen atoms in total. The van der Waals surface area contributed by atoms with Crippen LogP contribution in [0.1, 0.15) is 35.7 Å². The molecule has 1 N–H and O–H groups in total. The van der Waals surface area contributed by atoms with Crippen LogP contribution in [0.5, 0.6) is 0 Å². The van der Waals surface area contributed by atoms with E-state index >= 15 is 0 Å². The lowest BCUT2D eigenvalue weighted by Gasteiger charge is -2.34. The predicted molar refractivity (Wildman–Crippen MR) is 73.7 cm³/mol. The molecule has 0 aliphatic carbocycles. The lowest BCUT2D eigenvalue weighted by Crippen LogP contribution is -2.49. The Bertz CT molecular complexity index is 499. The summed E-state index contributed by atoms with van der Waals surface area (Å²) in [7, 11) is 0. The second-order valence-corrected chi connectivity index (χ2v) is 5.14. The van der Waals surface area contributed by atoms with Crippen molar-refractivity contribution in [2.45, 2.75) is 32.7 Å². The molecular formula is C15H20F2N2O. The minimum Gasteiger partial charge on any atom is -0.334 e. The fourth-order valence-corrected chi connectivity index (χ4v) is 2.66. The summed E-state index contributed by atoms with van der Waals surface area (Å²) >= 11 is 0. The number of nitrogens with zero attached hydrogens (tertiary/aromatic N) is 1. The summed E-state index contributed by atoms with van der Waals surface area (Å²) < 4.78 is 27.9. The Labute approximate surface area is 118 Å². The highest BCUT2D eigenvalue weighted by Gasteiger charge is 2.29. The maximum atomic E-state index is 14.1. The van der Waals surface area contributed by atoms with Crippen LogP contribution in [0.3, 0.4) is 0 Å². The largest absolute Gasteiger partial charge is 0.334 e. The van der Waals surface area contributed by atoms with E-state index in [0.29, 0.717) is 13.1 Å². The van der Waals surface area contributed by atoms with E-state index in [1.54, 1.807) is 4.90 Å². The number of rotatable bonds is 3. The van der Waals surface area contributed by atoms with E-state index < -0.39 is 23.1 Å². The third-order valence-electron chi connectivity index (χ3n) is 3.81. The summed E-state index contributed by atoms with van der Waals surface area (Å²) in [5.41, 5.74) is -0.148. The maximum Gasteiger partial charge on any atom is 0.260 e. The van der Waals surface area contributed by atoms with Crippen molar-refractivity contribution >= 4 is 5.91 Å². The Morgan fingerprint density at radius 2 is 2.20 bits per heavy atom. The Morgan fingerprint density at radius 3 is 2.80 bits per heavy atom. The standard InChI is InChI=1S/C15H20F2N2O/c1-3-19(11-5-4-8-18-9-11)15(20)13-12(16)7-6-10(2)14(13)17/h6-7,11,18H,3-5,8-9H2,1-2H3. The average molecular weight is 282 g/mol. The maximum absolute atomic E-state index is 14.1. The fraction of sp³-hybridized carbons (Fsp3) is 0.533. The van der Waals surface area contributed by atoms with E-state index in [-0.39, 0.29) is 11.6 Å². The zero-order valence-electron chi connectivity index (χ0n) is 11.9. The molecule has 0 radical (unpaired) electrons. The van der Waals surface area contributed by atoms with Crippen LogP contribution in [0.4, 0.5) is 8.78 Å².